The van der Waals surface area contributed by atoms with Gasteiger partial charge in [0.1, 0.15) is 5.82 Å². The molecule has 0 aliphatic carbocycles. The third-order valence-electron chi connectivity index (χ3n) is 6.17. The van der Waals surface area contributed by atoms with Crippen LogP contribution < -0.4 is 20.9 Å². The van der Waals surface area contributed by atoms with Crippen molar-refractivity contribution < 1.29 is 9.15 Å². The van der Waals surface area contributed by atoms with Crippen molar-refractivity contribution in [2.24, 2.45) is 5.92 Å². The molecule has 2 aliphatic heterocycles. The minimum atomic E-state index is 0.533. The van der Waals surface area contributed by atoms with Crippen LogP contribution in [0.2, 0.25) is 0 Å². The van der Waals surface area contributed by atoms with E-state index in [9.17, 15) is 0 Å². The Kier molecular flexibility index (Phi) is 5.81. The summed E-state index contributed by atoms with van der Waals surface area (Å²) < 4.78 is 11.1. The highest BCUT2D eigenvalue weighted by Gasteiger charge is 2.22. The van der Waals surface area contributed by atoms with Crippen molar-refractivity contribution in [3.05, 3.63) is 37.0 Å². The summed E-state index contributed by atoms with van der Waals surface area (Å²) in [4.78, 5) is 18.1. The van der Waals surface area contributed by atoms with Gasteiger partial charge < -0.3 is 30.0 Å². The van der Waals surface area contributed by atoms with Gasteiger partial charge in [-0.05, 0) is 37.0 Å². The summed E-state index contributed by atoms with van der Waals surface area (Å²) in [6, 6.07) is 5.94. The molecule has 0 atom stereocenters. The van der Waals surface area contributed by atoms with Crippen LogP contribution in [0.15, 0.2) is 41.4 Å². The van der Waals surface area contributed by atoms with E-state index in [0.717, 1.165) is 60.5 Å². The van der Waals surface area contributed by atoms with Crippen molar-refractivity contribution in [3.8, 4) is 11.3 Å². The third kappa shape index (κ3) is 4.34. The molecule has 9 heteroatoms. The Bertz CT molecular complexity index is 1040. The van der Waals surface area contributed by atoms with Crippen LogP contribution in [0.4, 0.5) is 28.8 Å². The zero-order chi connectivity index (χ0) is 21.9. The van der Waals surface area contributed by atoms with Crippen LogP contribution in [0.1, 0.15) is 19.8 Å². The number of nitrogens with zero attached hydrogens (tertiary/aromatic N) is 5. The van der Waals surface area contributed by atoms with Gasteiger partial charge in [-0.1, -0.05) is 6.92 Å². The quantitative estimate of drug-likeness (QED) is 0.582. The van der Waals surface area contributed by atoms with Gasteiger partial charge in [-0.3, -0.25) is 0 Å². The van der Waals surface area contributed by atoms with Crippen molar-refractivity contribution in [1.82, 2.24) is 15.0 Å². The number of rotatable bonds is 5. The van der Waals surface area contributed by atoms with Crippen molar-refractivity contribution in [2.75, 3.05) is 60.2 Å². The Balaban J connectivity index is 1.47. The number of nitrogens with two attached hydrogens (primary N) is 1. The molecule has 0 amide bonds. The molecule has 0 unspecified atom stereocenters. The Labute approximate surface area is 187 Å². The second kappa shape index (κ2) is 9.04. The molecule has 2 saturated heterocycles. The monoisotopic (exact) mass is 435 g/mol. The average molecular weight is 436 g/mol. The van der Waals surface area contributed by atoms with Gasteiger partial charge in [0.05, 0.1) is 36.3 Å². The van der Waals surface area contributed by atoms with Crippen LogP contribution in [0, 0.1) is 5.92 Å². The molecule has 4 heterocycles. The van der Waals surface area contributed by atoms with Gasteiger partial charge in [-0.25, -0.2) is 9.97 Å². The lowest BCUT2D eigenvalue weighted by Gasteiger charge is -2.33. The van der Waals surface area contributed by atoms with Crippen molar-refractivity contribution in [1.29, 1.82) is 0 Å². The number of anilines is 5. The van der Waals surface area contributed by atoms with E-state index in [4.69, 9.17) is 19.9 Å². The smallest absolute Gasteiger partial charge is 0.229 e. The summed E-state index contributed by atoms with van der Waals surface area (Å²) in [6.07, 6.45) is 7.26. The molecular formula is C23H29N7O2. The zero-order valence-corrected chi connectivity index (χ0v) is 18.3. The summed E-state index contributed by atoms with van der Waals surface area (Å²) >= 11 is 0. The van der Waals surface area contributed by atoms with Crippen LogP contribution in [0.3, 0.4) is 0 Å². The average Bonchev–Trinajstić information content (AvgIpc) is 3.36. The van der Waals surface area contributed by atoms with E-state index >= 15 is 0 Å². The Morgan fingerprint density at radius 2 is 1.88 bits per heavy atom. The maximum Gasteiger partial charge on any atom is 0.229 e. The van der Waals surface area contributed by atoms with E-state index in [1.54, 1.807) is 12.4 Å². The Morgan fingerprint density at radius 3 is 2.62 bits per heavy atom. The van der Waals surface area contributed by atoms with Gasteiger partial charge in [0, 0.05) is 38.1 Å². The molecule has 2 aromatic heterocycles. The van der Waals surface area contributed by atoms with E-state index in [1.165, 1.54) is 19.2 Å². The van der Waals surface area contributed by atoms with Gasteiger partial charge in [0.15, 0.2) is 12.2 Å². The Morgan fingerprint density at radius 1 is 1.06 bits per heavy atom. The predicted octanol–water partition coefficient (Wildman–Crippen LogP) is 3.53. The van der Waals surface area contributed by atoms with E-state index in [0.29, 0.717) is 24.9 Å². The van der Waals surface area contributed by atoms with E-state index in [1.807, 2.05) is 18.2 Å². The molecule has 5 rings (SSSR count). The van der Waals surface area contributed by atoms with Crippen LogP contribution in [-0.2, 0) is 4.74 Å². The highest BCUT2D eigenvalue weighted by Crippen LogP contribution is 2.35. The summed E-state index contributed by atoms with van der Waals surface area (Å²) in [7, 11) is 0. The normalized spacial score (nSPS) is 17.5. The molecule has 2 fully saturated rings. The first-order chi connectivity index (χ1) is 15.7. The van der Waals surface area contributed by atoms with E-state index in [-0.39, 0.29) is 0 Å². The van der Waals surface area contributed by atoms with Gasteiger partial charge in [-0.15, -0.1) is 0 Å². The molecule has 0 radical (unpaired) electrons. The number of nitrogens with one attached hydrogen (secondary N) is 1. The van der Waals surface area contributed by atoms with Gasteiger partial charge in [-0.2, -0.15) is 4.98 Å². The number of ether oxygens (including phenoxy) is 1. The molecular weight excluding hydrogens is 406 g/mol. The van der Waals surface area contributed by atoms with Gasteiger partial charge in [0.25, 0.3) is 0 Å². The standard InChI is InChI=1S/C23H29N7O2/c1-16-4-6-29(7-5-16)20-12-17(24)2-3-19(20)27-23-26-13-18(21-14-25-15-32-21)22(28-23)30-8-10-31-11-9-30/h2-3,12-16H,4-11,24H2,1H3,(H,26,27,28). The number of benzene rings is 1. The number of oxazole rings is 1. The number of morpholine rings is 1. The van der Waals surface area contributed by atoms with E-state index in [2.05, 4.69) is 32.0 Å². The first-order valence-electron chi connectivity index (χ1n) is 11.2. The molecule has 0 spiro atoms. The molecule has 3 N–H and O–H groups in total. The second-order valence-electron chi connectivity index (χ2n) is 8.47. The third-order valence-corrected chi connectivity index (χ3v) is 6.17. The lowest BCUT2D eigenvalue weighted by molar-refractivity contribution is 0.122. The van der Waals surface area contributed by atoms with Crippen LogP contribution in [-0.4, -0.2) is 54.3 Å². The zero-order valence-electron chi connectivity index (χ0n) is 18.3. The maximum atomic E-state index is 6.13. The number of hydrogen-bond acceptors (Lipinski definition) is 9. The Hall–Kier alpha value is -3.33. The van der Waals surface area contributed by atoms with Crippen LogP contribution in [0.5, 0.6) is 0 Å². The fourth-order valence-electron chi connectivity index (χ4n) is 4.26. The maximum absolute atomic E-state index is 6.13. The van der Waals surface area contributed by atoms with Crippen LogP contribution >= 0.6 is 0 Å². The highest BCUT2D eigenvalue weighted by atomic mass is 16.5. The molecule has 0 saturated carbocycles. The van der Waals surface area contributed by atoms with Gasteiger partial charge >= 0.3 is 0 Å². The molecule has 32 heavy (non-hydrogen) atoms. The topological polar surface area (TPSA) is 106 Å². The summed E-state index contributed by atoms with van der Waals surface area (Å²) in [6.45, 7) is 7.20. The van der Waals surface area contributed by atoms with Gasteiger partial charge in [0.2, 0.25) is 5.95 Å². The van der Waals surface area contributed by atoms with Crippen molar-refractivity contribution >= 4 is 28.8 Å². The van der Waals surface area contributed by atoms with Crippen LogP contribution in [0.25, 0.3) is 11.3 Å². The lowest BCUT2D eigenvalue weighted by atomic mass is 9.98. The number of aromatic nitrogens is 3. The number of piperidine rings is 1. The van der Waals surface area contributed by atoms with Crippen molar-refractivity contribution in [3.63, 3.8) is 0 Å². The number of hydrogen-bond donors (Lipinski definition) is 2. The molecule has 9 nitrogen and oxygen atoms in total. The molecule has 3 aromatic rings. The fraction of sp³-hybridized carbons (Fsp3) is 0.435. The lowest BCUT2D eigenvalue weighted by Crippen LogP contribution is -2.37. The number of nitrogen functional groups attached to an aromatic ring is 1. The first-order valence-corrected chi connectivity index (χ1v) is 11.2. The summed E-state index contributed by atoms with van der Waals surface area (Å²) in [5.74, 6) is 2.75. The molecule has 2 aliphatic rings. The largest absolute Gasteiger partial charge is 0.443 e. The molecule has 168 valence electrons. The summed E-state index contributed by atoms with van der Waals surface area (Å²) in [5, 5.41) is 3.44. The highest BCUT2D eigenvalue weighted by molar-refractivity contribution is 5.78. The minimum absolute atomic E-state index is 0.533. The first kappa shape index (κ1) is 20.6. The fourth-order valence-corrected chi connectivity index (χ4v) is 4.26. The van der Waals surface area contributed by atoms with E-state index < -0.39 is 0 Å². The second-order valence-corrected chi connectivity index (χ2v) is 8.47. The summed E-state index contributed by atoms with van der Waals surface area (Å²) in [5.41, 5.74) is 9.74. The SMILES string of the molecule is CC1CCN(c2cc(N)ccc2Nc2ncc(-c3cnco3)c(N3CCOCC3)n2)CC1. The predicted molar refractivity (Wildman–Crippen MR) is 125 cm³/mol. The minimum Gasteiger partial charge on any atom is -0.443 e. The van der Waals surface area contributed by atoms with Crippen molar-refractivity contribution in [2.45, 2.75) is 19.8 Å². The molecule has 1 aromatic carbocycles. The molecule has 0 bridgehead atoms.